The van der Waals surface area contributed by atoms with E-state index in [1.807, 2.05) is 43.3 Å². The maximum Gasteiger partial charge on any atom is 0.336 e. The molecule has 0 spiro atoms. The van der Waals surface area contributed by atoms with Crippen LogP contribution in [0.2, 0.25) is 0 Å². The SMILES string of the molecule is Cc1cc(=O)oc2cc(OCc3ccc(Cn4cncn4)cc3)ccc12. The second-order valence-corrected chi connectivity index (χ2v) is 6.10. The predicted molar refractivity (Wildman–Crippen MR) is 97.1 cm³/mol. The molecular formula is C20H17N3O3. The van der Waals surface area contributed by atoms with Gasteiger partial charge in [0.05, 0.1) is 6.54 Å². The maximum absolute atomic E-state index is 11.5. The zero-order valence-corrected chi connectivity index (χ0v) is 14.3. The van der Waals surface area contributed by atoms with E-state index in [0.717, 1.165) is 22.1 Å². The fraction of sp³-hybridized carbons (Fsp3) is 0.150. The molecule has 0 aliphatic rings. The number of nitrogens with zero attached hydrogens (tertiary/aromatic N) is 3. The molecule has 26 heavy (non-hydrogen) atoms. The van der Waals surface area contributed by atoms with Gasteiger partial charge in [-0.3, -0.25) is 0 Å². The summed E-state index contributed by atoms with van der Waals surface area (Å²) in [6.45, 7) is 3.01. The molecule has 4 rings (SSSR count). The summed E-state index contributed by atoms with van der Waals surface area (Å²) in [5.41, 5.74) is 3.27. The lowest BCUT2D eigenvalue weighted by molar-refractivity contribution is 0.306. The van der Waals surface area contributed by atoms with Crippen LogP contribution < -0.4 is 10.4 Å². The maximum atomic E-state index is 11.5. The van der Waals surface area contributed by atoms with Gasteiger partial charge in [-0.1, -0.05) is 24.3 Å². The third-order valence-corrected chi connectivity index (χ3v) is 4.16. The summed E-state index contributed by atoms with van der Waals surface area (Å²) in [6.07, 6.45) is 3.21. The van der Waals surface area contributed by atoms with Gasteiger partial charge in [-0.15, -0.1) is 0 Å². The van der Waals surface area contributed by atoms with Crippen molar-refractivity contribution in [1.82, 2.24) is 14.8 Å². The quantitative estimate of drug-likeness (QED) is 0.518. The van der Waals surface area contributed by atoms with Gasteiger partial charge in [-0.2, -0.15) is 5.10 Å². The van der Waals surface area contributed by atoms with E-state index in [-0.39, 0.29) is 5.63 Å². The zero-order valence-electron chi connectivity index (χ0n) is 14.3. The van der Waals surface area contributed by atoms with E-state index < -0.39 is 0 Å². The fourth-order valence-electron chi connectivity index (χ4n) is 2.80. The van der Waals surface area contributed by atoms with Crippen molar-refractivity contribution >= 4 is 11.0 Å². The van der Waals surface area contributed by atoms with Gasteiger partial charge >= 0.3 is 5.63 Å². The normalized spacial score (nSPS) is 11.0. The van der Waals surface area contributed by atoms with Gasteiger partial charge in [0.25, 0.3) is 0 Å². The van der Waals surface area contributed by atoms with Crippen molar-refractivity contribution in [2.24, 2.45) is 0 Å². The first-order valence-electron chi connectivity index (χ1n) is 8.25. The first kappa shape index (κ1) is 16.1. The molecule has 6 heteroatoms. The molecule has 130 valence electrons. The summed E-state index contributed by atoms with van der Waals surface area (Å²) >= 11 is 0. The van der Waals surface area contributed by atoms with Crippen molar-refractivity contribution in [3.63, 3.8) is 0 Å². The minimum Gasteiger partial charge on any atom is -0.489 e. The number of benzene rings is 2. The van der Waals surface area contributed by atoms with Crippen LogP contribution in [0.4, 0.5) is 0 Å². The van der Waals surface area contributed by atoms with Crippen LogP contribution in [-0.2, 0) is 13.2 Å². The number of rotatable bonds is 5. The predicted octanol–water partition coefficient (Wildman–Crippen LogP) is 3.32. The summed E-state index contributed by atoms with van der Waals surface area (Å²) < 4.78 is 12.9. The molecule has 6 nitrogen and oxygen atoms in total. The van der Waals surface area contributed by atoms with Crippen LogP contribution in [-0.4, -0.2) is 14.8 Å². The van der Waals surface area contributed by atoms with Crippen LogP contribution in [0.3, 0.4) is 0 Å². The molecule has 0 unspecified atom stereocenters. The Morgan fingerprint density at radius 3 is 2.65 bits per heavy atom. The van der Waals surface area contributed by atoms with Crippen LogP contribution in [0.1, 0.15) is 16.7 Å². The van der Waals surface area contributed by atoms with Crippen molar-refractivity contribution in [2.45, 2.75) is 20.1 Å². The Morgan fingerprint density at radius 1 is 1.08 bits per heavy atom. The second-order valence-electron chi connectivity index (χ2n) is 6.10. The summed E-state index contributed by atoms with van der Waals surface area (Å²) in [4.78, 5) is 15.5. The van der Waals surface area contributed by atoms with Gasteiger partial charge in [-0.05, 0) is 35.7 Å². The highest BCUT2D eigenvalue weighted by Gasteiger charge is 2.05. The number of fused-ring (bicyclic) bond motifs is 1. The lowest BCUT2D eigenvalue weighted by Crippen LogP contribution is -2.01. The molecule has 0 atom stereocenters. The molecule has 0 bridgehead atoms. The summed E-state index contributed by atoms with van der Waals surface area (Å²) in [5, 5.41) is 5.01. The molecule has 2 aromatic heterocycles. The molecule has 0 aliphatic carbocycles. The fourth-order valence-corrected chi connectivity index (χ4v) is 2.80. The highest BCUT2D eigenvalue weighted by molar-refractivity contribution is 5.81. The van der Waals surface area contributed by atoms with E-state index in [4.69, 9.17) is 9.15 Å². The summed E-state index contributed by atoms with van der Waals surface area (Å²) in [6, 6.07) is 15.2. The van der Waals surface area contributed by atoms with Crippen LogP contribution in [0.25, 0.3) is 11.0 Å². The van der Waals surface area contributed by atoms with Crippen LogP contribution in [0, 0.1) is 6.92 Å². The van der Waals surface area contributed by atoms with Crippen molar-refractivity contribution < 1.29 is 9.15 Å². The summed E-state index contributed by atoms with van der Waals surface area (Å²) in [5.74, 6) is 0.665. The molecule has 0 saturated carbocycles. The third kappa shape index (κ3) is 3.49. The topological polar surface area (TPSA) is 70.2 Å². The Morgan fingerprint density at radius 2 is 1.88 bits per heavy atom. The number of aryl methyl sites for hydroxylation is 1. The van der Waals surface area contributed by atoms with Gasteiger partial charge < -0.3 is 9.15 Å². The van der Waals surface area contributed by atoms with Gasteiger partial charge in [-0.25, -0.2) is 14.5 Å². The first-order valence-corrected chi connectivity index (χ1v) is 8.25. The average molecular weight is 347 g/mol. The Labute approximate surface area is 149 Å². The summed E-state index contributed by atoms with van der Waals surface area (Å²) in [7, 11) is 0. The zero-order chi connectivity index (χ0) is 17.9. The molecule has 2 aromatic carbocycles. The van der Waals surface area contributed by atoms with E-state index in [1.165, 1.54) is 12.4 Å². The molecule has 0 fully saturated rings. The molecule has 0 N–H and O–H groups in total. The second kappa shape index (κ2) is 6.84. The van der Waals surface area contributed by atoms with E-state index in [0.29, 0.717) is 24.5 Å². The minimum atomic E-state index is -0.352. The van der Waals surface area contributed by atoms with Crippen molar-refractivity contribution in [3.05, 3.63) is 88.3 Å². The number of ether oxygens (including phenoxy) is 1. The highest BCUT2D eigenvalue weighted by atomic mass is 16.5. The number of aromatic nitrogens is 3. The van der Waals surface area contributed by atoms with Gasteiger partial charge in [0.15, 0.2) is 0 Å². The molecule has 0 aliphatic heterocycles. The van der Waals surface area contributed by atoms with Gasteiger partial charge in [0.1, 0.15) is 30.6 Å². The molecule has 0 radical (unpaired) electrons. The molecule has 0 saturated heterocycles. The highest BCUT2D eigenvalue weighted by Crippen LogP contribution is 2.23. The monoisotopic (exact) mass is 347 g/mol. The van der Waals surface area contributed by atoms with Crippen LogP contribution in [0.15, 0.2) is 70.4 Å². The molecule has 0 amide bonds. The Balaban J connectivity index is 1.45. The smallest absolute Gasteiger partial charge is 0.336 e. The Bertz CT molecular complexity index is 1080. The van der Waals surface area contributed by atoms with Gasteiger partial charge in [0, 0.05) is 17.5 Å². The van der Waals surface area contributed by atoms with Crippen molar-refractivity contribution in [3.8, 4) is 5.75 Å². The average Bonchev–Trinajstić information content (AvgIpc) is 3.14. The lowest BCUT2D eigenvalue weighted by atomic mass is 10.1. The molecule has 2 heterocycles. The Hall–Kier alpha value is -3.41. The van der Waals surface area contributed by atoms with E-state index in [9.17, 15) is 4.79 Å². The minimum absolute atomic E-state index is 0.352. The number of hydrogen-bond donors (Lipinski definition) is 0. The molecular weight excluding hydrogens is 330 g/mol. The third-order valence-electron chi connectivity index (χ3n) is 4.16. The van der Waals surface area contributed by atoms with Crippen LogP contribution >= 0.6 is 0 Å². The largest absolute Gasteiger partial charge is 0.489 e. The van der Waals surface area contributed by atoms with Gasteiger partial charge in [0.2, 0.25) is 0 Å². The first-order chi connectivity index (χ1) is 12.7. The van der Waals surface area contributed by atoms with E-state index >= 15 is 0 Å². The standard InChI is InChI=1S/C20H17N3O3/c1-14-8-20(24)26-19-9-17(6-7-18(14)19)25-11-16-4-2-15(3-5-16)10-23-13-21-12-22-23/h2-9,12-13H,10-11H2,1H3. The van der Waals surface area contributed by atoms with Crippen molar-refractivity contribution in [1.29, 1.82) is 0 Å². The van der Waals surface area contributed by atoms with Crippen LogP contribution in [0.5, 0.6) is 5.75 Å². The number of hydrogen-bond acceptors (Lipinski definition) is 5. The lowest BCUT2D eigenvalue weighted by Gasteiger charge is -2.08. The Kier molecular flexibility index (Phi) is 4.23. The molecule has 4 aromatic rings. The van der Waals surface area contributed by atoms with Crippen molar-refractivity contribution in [2.75, 3.05) is 0 Å². The van der Waals surface area contributed by atoms with E-state index in [2.05, 4.69) is 10.1 Å². The van der Waals surface area contributed by atoms with E-state index in [1.54, 1.807) is 17.1 Å².